The first kappa shape index (κ1) is 22.8. The first-order valence-electron chi connectivity index (χ1n) is 11.3. The zero-order valence-electron chi connectivity index (χ0n) is 19.4. The smallest absolute Gasteiger partial charge is 0.0663 e. The monoisotopic (exact) mass is 420 g/mol. The van der Waals surface area contributed by atoms with Crippen molar-refractivity contribution in [3.05, 3.63) is 59.7 Å². The van der Waals surface area contributed by atoms with E-state index in [2.05, 4.69) is 102 Å². The van der Waals surface area contributed by atoms with Gasteiger partial charge in [0.2, 0.25) is 0 Å². The van der Waals surface area contributed by atoms with Crippen molar-refractivity contribution >= 4 is 34.6 Å². The van der Waals surface area contributed by atoms with Crippen molar-refractivity contribution in [3.8, 4) is 0 Å². The van der Waals surface area contributed by atoms with Crippen molar-refractivity contribution in [2.75, 3.05) is 0 Å². The SMILES string of the molecule is C/C(=N\c1ccccc1C(C)C)C1CCCC(/C(C)=N/c2ccccc2C(C)C)S1. The Morgan fingerprint density at radius 3 is 1.53 bits per heavy atom. The average Bonchev–Trinajstić information content (AvgIpc) is 2.74. The Hall–Kier alpha value is -1.87. The molecule has 0 radical (unpaired) electrons. The van der Waals surface area contributed by atoms with E-state index in [0.717, 1.165) is 11.4 Å². The molecule has 0 aromatic heterocycles. The van der Waals surface area contributed by atoms with Crippen LogP contribution >= 0.6 is 11.8 Å². The standard InChI is InChI=1S/C27H36N2S/c1-18(2)22-12-7-9-14-24(22)28-20(5)26-16-11-17-27(30-26)21(6)29-25-15-10-8-13-23(25)19(3)4/h7-10,12-15,18-19,26-27H,11,16-17H2,1-6H3/b28-20+,29-21+. The number of hydrogen-bond donors (Lipinski definition) is 0. The fraction of sp³-hybridized carbons (Fsp3) is 0.481. The van der Waals surface area contributed by atoms with Crippen LogP contribution in [0.4, 0.5) is 11.4 Å². The van der Waals surface area contributed by atoms with Crippen LogP contribution < -0.4 is 0 Å². The van der Waals surface area contributed by atoms with Gasteiger partial charge in [0.25, 0.3) is 0 Å². The minimum Gasteiger partial charge on any atom is -0.257 e. The third-order valence-electron chi connectivity index (χ3n) is 5.90. The number of nitrogens with zero attached hydrogens (tertiary/aromatic N) is 2. The summed E-state index contributed by atoms with van der Waals surface area (Å²) < 4.78 is 0. The lowest BCUT2D eigenvalue weighted by Crippen LogP contribution is -2.27. The topological polar surface area (TPSA) is 24.7 Å². The van der Waals surface area contributed by atoms with Gasteiger partial charge in [-0.05, 0) is 61.8 Å². The molecule has 1 fully saturated rings. The van der Waals surface area contributed by atoms with Crippen molar-refractivity contribution in [1.29, 1.82) is 0 Å². The summed E-state index contributed by atoms with van der Waals surface area (Å²) in [6.45, 7) is 13.4. The van der Waals surface area contributed by atoms with Crippen LogP contribution in [0.1, 0.15) is 83.8 Å². The Morgan fingerprint density at radius 2 is 1.13 bits per heavy atom. The molecule has 2 aromatic rings. The van der Waals surface area contributed by atoms with Crippen LogP contribution in [0.25, 0.3) is 0 Å². The Labute approximate surface area is 187 Å². The van der Waals surface area contributed by atoms with Gasteiger partial charge in [-0.15, -0.1) is 11.8 Å². The fourth-order valence-electron chi connectivity index (χ4n) is 4.12. The molecule has 1 heterocycles. The first-order valence-corrected chi connectivity index (χ1v) is 12.2. The summed E-state index contributed by atoms with van der Waals surface area (Å²) in [5.74, 6) is 0.972. The Balaban J connectivity index is 1.79. The Kier molecular flexibility index (Phi) is 7.93. The predicted molar refractivity (Wildman–Crippen MR) is 136 cm³/mol. The van der Waals surface area contributed by atoms with E-state index in [1.165, 1.54) is 41.8 Å². The minimum absolute atomic E-state index is 0.467. The second-order valence-electron chi connectivity index (χ2n) is 8.98. The van der Waals surface area contributed by atoms with Gasteiger partial charge in [-0.25, -0.2) is 0 Å². The average molecular weight is 421 g/mol. The van der Waals surface area contributed by atoms with Crippen LogP contribution in [0.15, 0.2) is 58.5 Å². The highest BCUT2D eigenvalue weighted by Crippen LogP contribution is 2.36. The van der Waals surface area contributed by atoms with Gasteiger partial charge in [-0.3, -0.25) is 9.98 Å². The zero-order valence-corrected chi connectivity index (χ0v) is 20.2. The molecule has 1 aliphatic heterocycles. The maximum atomic E-state index is 5.07. The van der Waals surface area contributed by atoms with Crippen LogP contribution in [0.3, 0.4) is 0 Å². The van der Waals surface area contributed by atoms with E-state index in [4.69, 9.17) is 9.98 Å². The molecule has 0 N–H and O–H groups in total. The lowest BCUT2D eigenvalue weighted by atomic mass is 10.0. The summed E-state index contributed by atoms with van der Waals surface area (Å²) in [5.41, 5.74) is 7.41. The highest BCUT2D eigenvalue weighted by molar-refractivity contribution is 8.02. The fourth-order valence-corrected chi connectivity index (χ4v) is 5.62. The second-order valence-corrected chi connectivity index (χ2v) is 10.4. The van der Waals surface area contributed by atoms with Gasteiger partial charge in [0, 0.05) is 21.9 Å². The van der Waals surface area contributed by atoms with Gasteiger partial charge < -0.3 is 0 Å². The molecule has 0 saturated carbocycles. The Bertz CT molecular complexity index is 837. The van der Waals surface area contributed by atoms with Crippen molar-refractivity contribution in [3.63, 3.8) is 0 Å². The van der Waals surface area contributed by atoms with E-state index in [0.29, 0.717) is 22.3 Å². The molecule has 0 bridgehead atoms. The van der Waals surface area contributed by atoms with E-state index in [-0.39, 0.29) is 0 Å². The van der Waals surface area contributed by atoms with Gasteiger partial charge in [0.1, 0.15) is 0 Å². The zero-order chi connectivity index (χ0) is 21.7. The van der Waals surface area contributed by atoms with Crippen LogP contribution in [0.2, 0.25) is 0 Å². The molecular formula is C27H36N2S. The molecule has 0 aliphatic carbocycles. The highest BCUT2D eigenvalue weighted by atomic mass is 32.2. The quantitative estimate of drug-likeness (QED) is 0.430. The van der Waals surface area contributed by atoms with Gasteiger partial charge in [0.15, 0.2) is 0 Å². The molecule has 3 rings (SSSR count). The molecule has 30 heavy (non-hydrogen) atoms. The lowest BCUT2D eigenvalue weighted by Gasteiger charge is -2.29. The van der Waals surface area contributed by atoms with Gasteiger partial charge in [-0.1, -0.05) is 70.5 Å². The molecule has 2 aromatic carbocycles. The number of benzene rings is 2. The number of hydrogen-bond acceptors (Lipinski definition) is 3. The van der Waals surface area contributed by atoms with E-state index < -0.39 is 0 Å². The van der Waals surface area contributed by atoms with E-state index in [1.807, 2.05) is 0 Å². The molecule has 1 aliphatic rings. The van der Waals surface area contributed by atoms with E-state index >= 15 is 0 Å². The molecular weight excluding hydrogens is 384 g/mol. The summed E-state index contributed by atoms with van der Waals surface area (Å²) in [6, 6.07) is 17.1. The van der Waals surface area contributed by atoms with Crippen LogP contribution in [0.5, 0.6) is 0 Å². The molecule has 2 nitrogen and oxygen atoms in total. The summed E-state index contributed by atoms with van der Waals surface area (Å²) in [5, 5.41) is 0.934. The normalized spacial score (nSPS) is 20.8. The van der Waals surface area contributed by atoms with Crippen LogP contribution in [-0.4, -0.2) is 21.9 Å². The predicted octanol–water partition coefficient (Wildman–Crippen LogP) is 8.47. The molecule has 1 saturated heterocycles. The van der Waals surface area contributed by atoms with Crippen LogP contribution in [0, 0.1) is 0 Å². The summed E-state index contributed by atoms with van der Waals surface area (Å²) >= 11 is 2.05. The van der Waals surface area contributed by atoms with Gasteiger partial charge in [-0.2, -0.15) is 0 Å². The molecule has 0 amide bonds. The Morgan fingerprint density at radius 1 is 0.733 bits per heavy atom. The van der Waals surface area contributed by atoms with Crippen molar-refractivity contribution in [2.45, 2.75) is 83.1 Å². The third-order valence-corrected chi connectivity index (χ3v) is 7.71. The van der Waals surface area contributed by atoms with Crippen molar-refractivity contribution < 1.29 is 0 Å². The number of thioether (sulfide) groups is 1. The lowest BCUT2D eigenvalue weighted by molar-refractivity contribution is 0.702. The minimum atomic E-state index is 0.467. The van der Waals surface area contributed by atoms with Gasteiger partial charge in [0.05, 0.1) is 11.4 Å². The molecule has 3 heteroatoms. The summed E-state index contributed by atoms with van der Waals surface area (Å²) in [4.78, 5) is 10.1. The molecule has 0 spiro atoms. The highest BCUT2D eigenvalue weighted by Gasteiger charge is 2.26. The van der Waals surface area contributed by atoms with Crippen LogP contribution in [-0.2, 0) is 0 Å². The third kappa shape index (κ3) is 5.63. The molecule has 160 valence electrons. The molecule has 2 atom stereocenters. The second kappa shape index (κ2) is 10.4. The van der Waals surface area contributed by atoms with E-state index in [1.54, 1.807) is 0 Å². The number of rotatable bonds is 6. The maximum absolute atomic E-state index is 5.07. The van der Waals surface area contributed by atoms with Crippen molar-refractivity contribution in [1.82, 2.24) is 0 Å². The van der Waals surface area contributed by atoms with Crippen molar-refractivity contribution in [2.24, 2.45) is 9.98 Å². The van der Waals surface area contributed by atoms with Gasteiger partial charge >= 0.3 is 0 Å². The maximum Gasteiger partial charge on any atom is 0.0663 e. The van der Waals surface area contributed by atoms with E-state index in [9.17, 15) is 0 Å². The number of para-hydroxylation sites is 2. The number of aliphatic imine (C=N–C) groups is 2. The first-order chi connectivity index (χ1) is 14.4. The summed E-state index contributed by atoms with van der Waals surface area (Å²) in [6.07, 6.45) is 3.64. The molecule has 2 unspecified atom stereocenters. The summed E-state index contributed by atoms with van der Waals surface area (Å²) in [7, 11) is 0. The largest absolute Gasteiger partial charge is 0.257 e.